The first-order valence-corrected chi connectivity index (χ1v) is 7.27. The van der Waals surface area contributed by atoms with E-state index in [-0.39, 0.29) is 24.4 Å². The summed E-state index contributed by atoms with van der Waals surface area (Å²) in [4.78, 5) is 25.0. The van der Waals surface area contributed by atoms with Gasteiger partial charge in [-0.05, 0) is 31.2 Å². The van der Waals surface area contributed by atoms with Crippen molar-refractivity contribution in [3.63, 3.8) is 0 Å². The molecule has 1 amide bonds. The lowest BCUT2D eigenvalue weighted by Gasteiger charge is -2.26. The van der Waals surface area contributed by atoms with Crippen LogP contribution in [0.5, 0.6) is 0 Å². The number of carboxylic acids is 1. The summed E-state index contributed by atoms with van der Waals surface area (Å²) in [6.07, 6.45) is 1.85. The number of aliphatic carboxylic acids is 1. The lowest BCUT2D eigenvalue weighted by Crippen LogP contribution is -2.45. The molecule has 21 heavy (non-hydrogen) atoms. The van der Waals surface area contributed by atoms with Crippen molar-refractivity contribution >= 4 is 11.9 Å². The van der Waals surface area contributed by atoms with Gasteiger partial charge in [0, 0.05) is 7.05 Å². The van der Waals surface area contributed by atoms with Crippen molar-refractivity contribution in [2.75, 3.05) is 13.6 Å². The summed E-state index contributed by atoms with van der Waals surface area (Å²) >= 11 is 0. The van der Waals surface area contributed by atoms with Crippen LogP contribution in [0.1, 0.15) is 31.4 Å². The van der Waals surface area contributed by atoms with E-state index in [4.69, 9.17) is 5.11 Å². The smallest absolute Gasteiger partial charge is 0.320 e. The number of hydrogen-bond donors (Lipinski definition) is 2. The molecule has 1 aromatic rings. The summed E-state index contributed by atoms with van der Waals surface area (Å²) in [5, 5.41) is 12.0. The highest BCUT2D eigenvalue weighted by Gasteiger charge is 2.36. The zero-order valence-corrected chi connectivity index (χ0v) is 12.5. The van der Waals surface area contributed by atoms with Crippen molar-refractivity contribution in [1.82, 2.24) is 10.2 Å². The van der Waals surface area contributed by atoms with Gasteiger partial charge in [0.1, 0.15) is 6.04 Å². The second kappa shape index (κ2) is 6.72. The zero-order valence-electron chi connectivity index (χ0n) is 12.5. The average molecular weight is 290 g/mol. The molecule has 1 aliphatic carbocycles. The molecule has 1 aliphatic rings. The Labute approximate surface area is 125 Å². The average Bonchev–Trinajstić information content (AvgIpc) is 3.31. The Morgan fingerprint density at radius 2 is 1.95 bits per heavy atom. The highest BCUT2D eigenvalue weighted by molar-refractivity contribution is 5.80. The quantitative estimate of drug-likeness (QED) is 0.801. The number of rotatable bonds is 7. The van der Waals surface area contributed by atoms with Gasteiger partial charge in [-0.3, -0.25) is 14.9 Å². The minimum absolute atomic E-state index is 0.0373. The number of carbonyl (C=O) groups is 2. The molecule has 1 saturated carbocycles. The predicted molar refractivity (Wildman–Crippen MR) is 79.8 cm³/mol. The van der Waals surface area contributed by atoms with Crippen LogP contribution in [0.25, 0.3) is 0 Å². The molecule has 0 spiro atoms. The third-order valence-electron chi connectivity index (χ3n) is 4.09. The summed E-state index contributed by atoms with van der Waals surface area (Å²) in [7, 11) is 1.74. The number of nitrogens with one attached hydrogen (secondary N) is 1. The Morgan fingerprint density at radius 3 is 2.48 bits per heavy atom. The number of likely N-dealkylation sites (N-methyl/N-ethyl adjacent to an activating group) is 1. The number of carboxylic acid groups (broad SMARTS) is 1. The van der Waals surface area contributed by atoms with E-state index in [1.54, 1.807) is 11.9 Å². The normalized spacial score (nSPS) is 17.0. The van der Waals surface area contributed by atoms with Crippen molar-refractivity contribution < 1.29 is 14.7 Å². The molecule has 5 nitrogen and oxygen atoms in total. The van der Waals surface area contributed by atoms with Crippen LogP contribution in [0.2, 0.25) is 0 Å². The van der Waals surface area contributed by atoms with Gasteiger partial charge in [-0.1, -0.05) is 30.3 Å². The van der Waals surface area contributed by atoms with Gasteiger partial charge in [-0.2, -0.15) is 0 Å². The fourth-order valence-corrected chi connectivity index (χ4v) is 2.38. The summed E-state index contributed by atoms with van der Waals surface area (Å²) < 4.78 is 0. The highest BCUT2D eigenvalue weighted by Crippen LogP contribution is 2.32. The second-order valence-electron chi connectivity index (χ2n) is 5.63. The van der Waals surface area contributed by atoms with Gasteiger partial charge >= 0.3 is 5.97 Å². The van der Waals surface area contributed by atoms with Gasteiger partial charge in [0.05, 0.1) is 12.6 Å². The van der Waals surface area contributed by atoms with Gasteiger partial charge in [0.15, 0.2) is 0 Å². The number of benzene rings is 1. The van der Waals surface area contributed by atoms with Crippen molar-refractivity contribution in [1.29, 1.82) is 0 Å². The van der Waals surface area contributed by atoms with Crippen molar-refractivity contribution in [2.45, 2.75) is 31.8 Å². The Morgan fingerprint density at radius 1 is 1.33 bits per heavy atom. The van der Waals surface area contributed by atoms with Crippen LogP contribution in [-0.4, -0.2) is 41.5 Å². The van der Waals surface area contributed by atoms with E-state index in [2.05, 4.69) is 5.32 Å². The summed E-state index contributed by atoms with van der Waals surface area (Å²) in [5.74, 6) is -0.797. The van der Waals surface area contributed by atoms with E-state index in [0.29, 0.717) is 0 Å². The number of nitrogens with zero attached hydrogens (tertiary/aromatic N) is 1. The first-order valence-electron chi connectivity index (χ1n) is 7.27. The molecule has 114 valence electrons. The van der Waals surface area contributed by atoms with Crippen LogP contribution in [0.4, 0.5) is 0 Å². The van der Waals surface area contributed by atoms with Crippen LogP contribution in [0.3, 0.4) is 0 Å². The highest BCUT2D eigenvalue weighted by atomic mass is 16.4. The third kappa shape index (κ3) is 4.04. The predicted octanol–water partition coefficient (Wildman–Crippen LogP) is 1.66. The molecule has 0 radical (unpaired) electrons. The molecule has 0 bridgehead atoms. The van der Waals surface area contributed by atoms with Gasteiger partial charge < -0.3 is 10.0 Å². The Bertz CT molecular complexity index is 500. The lowest BCUT2D eigenvalue weighted by molar-refractivity contribution is -0.140. The second-order valence-corrected chi connectivity index (χ2v) is 5.63. The molecule has 0 aromatic heterocycles. The first-order chi connectivity index (χ1) is 10.0. The minimum Gasteiger partial charge on any atom is -0.480 e. The maximum Gasteiger partial charge on any atom is 0.320 e. The monoisotopic (exact) mass is 290 g/mol. The van der Waals surface area contributed by atoms with Gasteiger partial charge in [-0.25, -0.2) is 0 Å². The van der Waals surface area contributed by atoms with Crippen molar-refractivity contribution in [2.24, 2.45) is 5.92 Å². The Kier molecular flexibility index (Phi) is 4.96. The van der Waals surface area contributed by atoms with E-state index in [0.717, 1.165) is 18.4 Å². The maximum atomic E-state index is 12.2. The van der Waals surface area contributed by atoms with E-state index in [9.17, 15) is 9.59 Å². The van der Waals surface area contributed by atoms with Gasteiger partial charge in [-0.15, -0.1) is 0 Å². The molecule has 0 saturated heterocycles. The Balaban J connectivity index is 1.88. The lowest BCUT2D eigenvalue weighted by atomic mass is 10.1. The molecule has 0 aliphatic heterocycles. The molecular formula is C16H22N2O3. The van der Waals surface area contributed by atoms with E-state index in [1.807, 2.05) is 37.3 Å². The molecule has 2 unspecified atom stereocenters. The number of hydrogen-bond acceptors (Lipinski definition) is 3. The largest absolute Gasteiger partial charge is 0.480 e. The maximum absolute atomic E-state index is 12.2. The van der Waals surface area contributed by atoms with Crippen molar-refractivity contribution in [3.05, 3.63) is 35.9 Å². The molecule has 1 aromatic carbocycles. The first kappa shape index (κ1) is 15.5. The molecule has 2 N–H and O–H groups in total. The molecule has 2 rings (SSSR count). The van der Waals surface area contributed by atoms with Crippen LogP contribution >= 0.6 is 0 Å². The van der Waals surface area contributed by atoms with Gasteiger partial charge in [0.25, 0.3) is 0 Å². The molecule has 0 heterocycles. The fraction of sp³-hybridized carbons (Fsp3) is 0.500. The topological polar surface area (TPSA) is 69.6 Å². The van der Waals surface area contributed by atoms with Crippen molar-refractivity contribution in [3.8, 4) is 0 Å². The fourth-order valence-electron chi connectivity index (χ4n) is 2.38. The van der Waals surface area contributed by atoms with Crippen LogP contribution in [0.15, 0.2) is 30.3 Å². The minimum atomic E-state index is -0.871. The third-order valence-corrected chi connectivity index (χ3v) is 4.09. The molecule has 5 heteroatoms. The van der Waals surface area contributed by atoms with Crippen LogP contribution in [0, 0.1) is 5.92 Å². The van der Waals surface area contributed by atoms with Crippen LogP contribution in [-0.2, 0) is 9.59 Å². The van der Waals surface area contributed by atoms with E-state index >= 15 is 0 Å². The Hall–Kier alpha value is -1.88. The standard InChI is InChI=1S/C16H22N2O3/c1-11(12-6-4-3-5-7-12)18(2)14(19)10-17-15(16(20)21)13-8-9-13/h3-7,11,13,15,17H,8-10H2,1-2H3,(H,20,21). The van der Waals surface area contributed by atoms with E-state index in [1.165, 1.54) is 0 Å². The molecule has 2 atom stereocenters. The van der Waals surface area contributed by atoms with Crippen LogP contribution < -0.4 is 5.32 Å². The molecule has 1 fully saturated rings. The van der Waals surface area contributed by atoms with Gasteiger partial charge in [0.2, 0.25) is 5.91 Å². The summed E-state index contributed by atoms with van der Waals surface area (Å²) in [5.41, 5.74) is 1.06. The zero-order chi connectivity index (χ0) is 15.4. The summed E-state index contributed by atoms with van der Waals surface area (Å²) in [6.45, 7) is 2.02. The summed E-state index contributed by atoms with van der Waals surface area (Å²) in [6, 6.07) is 9.13. The van der Waals surface area contributed by atoms with E-state index < -0.39 is 12.0 Å². The SMILES string of the molecule is CC(c1ccccc1)N(C)C(=O)CNC(C(=O)O)C1CC1. The molecular weight excluding hydrogens is 268 g/mol. The number of carbonyl (C=O) groups excluding carboxylic acids is 1. The number of amides is 1.